The van der Waals surface area contributed by atoms with Crippen LogP contribution < -0.4 is 10.5 Å². The molecule has 1 aromatic heterocycles. The molecule has 0 saturated heterocycles. The zero-order valence-corrected chi connectivity index (χ0v) is 8.26. The molecule has 1 heterocycles. The molecule has 0 bridgehead atoms. The number of ether oxygens (including phenoxy) is 1. The minimum atomic E-state index is 0.179. The monoisotopic (exact) mass is 200 g/mol. The molecule has 0 radical (unpaired) electrons. The van der Waals surface area contributed by atoms with Crippen LogP contribution in [0, 0.1) is 0 Å². The molecule has 0 spiro atoms. The fraction of sp³-hybridized carbons (Fsp3) is 0.0833. The van der Waals surface area contributed by atoms with Crippen molar-refractivity contribution in [3.8, 4) is 17.0 Å². The second kappa shape index (κ2) is 4.57. The largest absolute Gasteiger partial charge is 0.478 e. The van der Waals surface area contributed by atoms with Crippen LogP contribution in [0.4, 0.5) is 0 Å². The van der Waals surface area contributed by atoms with Crippen LogP contribution in [0.1, 0.15) is 0 Å². The van der Waals surface area contributed by atoms with E-state index in [2.05, 4.69) is 4.98 Å². The highest BCUT2D eigenvalue weighted by Gasteiger charge is 1.99. The first-order chi connectivity index (χ1) is 7.40. The summed E-state index contributed by atoms with van der Waals surface area (Å²) in [4.78, 5) is 4.27. The van der Waals surface area contributed by atoms with Gasteiger partial charge in [-0.15, -0.1) is 0 Å². The summed E-state index contributed by atoms with van der Waals surface area (Å²) in [5.41, 5.74) is 7.27. The number of nitrogens with zero attached hydrogens (tertiary/aromatic N) is 1. The molecule has 2 N–H and O–H groups in total. The average Bonchev–Trinajstić information content (AvgIpc) is 2.31. The molecular formula is C12H12N2O. The fourth-order valence-electron chi connectivity index (χ4n) is 1.36. The quantitative estimate of drug-likeness (QED) is 0.771. The van der Waals surface area contributed by atoms with Gasteiger partial charge in [0, 0.05) is 17.8 Å². The van der Waals surface area contributed by atoms with Crippen LogP contribution in [0.3, 0.4) is 0 Å². The van der Waals surface area contributed by atoms with Gasteiger partial charge in [-0.3, -0.25) is 10.7 Å². The number of aromatic nitrogens is 1. The minimum absolute atomic E-state index is 0.179. The molecule has 0 fully saturated rings. The van der Waals surface area contributed by atoms with Crippen molar-refractivity contribution in [2.75, 3.05) is 6.73 Å². The lowest BCUT2D eigenvalue weighted by molar-refractivity contribution is 0.329. The normalized spacial score (nSPS) is 9.93. The lowest BCUT2D eigenvalue weighted by Gasteiger charge is -2.04. The van der Waals surface area contributed by atoms with Gasteiger partial charge in [-0.2, -0.15) is 0 Å². The predicted octanol–water partition coefficient (Wildman–Crippen LogP) is 2.04. The SMILES string of the molecule is NCOc1ccnc(-c2ccccc2)c1. The van der Waals surface area contributed by atoms with Crippen molar-refractivity contribution in [3.05, 3.63) is 48.7 Å². The first-order valence-corrected chi connectivity index (χ1v) is 4.74. The van der Waals surface area contributed by atoms with E-state index in [1.54, 1.807) is 12.3 Å². The van der Waals surface area contributed by atoms with Crippen LogP contribution in [0.25, 0.3) is 11.3 Å². The Hall–Kier alpha value is -1.87. The Morgan fingerprint density at radius 1 is 1.13 bits per heavy atom. The van der Waals surface area contributed by atoms with Crippen LogP contribution in [0.5, 0.6) is 5.75 Å². The van der Waals surface area contributed by atoms with Gasteiger partial charge in [-0.05, 0) is 6.07 Å². The van der Waals surface area contributed by atoms with Crippen molar-refractivity contribution >= 4 is 0 Å². The highest BCUT2D eigenvalue weighted by molar-refractivity contribution is 5.60. The third-order valence-electron chi connectivity index (χ3n) is 2.05. The standard InChI is InChI=1S/C12H12N2O/c13-9-15-11-6-7-14-12(8-11)10-4-2-1-3-5-10/h1-8H,9,13H2. The molecular weight excluding hydrogens is 188 g/mol. The van der Waals surface area contributed by atoms with Gasteiger partial charge in [0.05, 0.1) is 5.69 Å². The Morgan fingerprint density at radius 2 is 1.93 bits per heavy atom. The van der Waals surface area contributed by atoms with Crippen molar-refractivity contribution in [1.29, 1.82) is 0 Å². The number of hydrogen-bond acceptors (Lipinski definition) is 3. The third kappa shape index (κ3) is 2.33. The molecule has 0 unspecified atom stereocenters. The van der Waals surface area contributed by atoms with Crippen molar-refractivity contribution in [2.45, 2.75) is 0 Å². The van der Waals surface area contributed by atoms with Gasteiger partial charge in [-0.25, -0.2) is 0 Å². The third-order valence-corrected chi connectivity index (χ3v) is 2.05. The summed E-state index contributed by atoms with van der Waals surface area (Å²) in [6, 6.07) is 13.6. The maximum absolute atomic E-state index is 5.31. The Kier molecular flexibility index (Phi) is 2.95. The van der Waals surface area contributed by atoms with Gasteiger partial charge in [0.1, 0.15) is 12.5 Å². The summed E-state index contributed by atoms with van der Waals surface area (Å²) < 4.78 is 5.21. The Balaban J connectivity index is 2.33. The van der Waals surface area contributed by atoms with Crippen LogP contribution in [0.15, 0.2) is 48.7 Å². The fourth-order valence-corrected chi connectivity index (χ4v) is 1.36. The summed E-state index contributed by atoms with van der Waals surface area (Å²) in [6.07, 6.45) is 1.72. The van der Waals surface area contributed by atoms with E-state index in [4.69, 9.17) is 10.5 Å². The molecule has 3 nitrogen and oxygen atoms in total. The highest BCUT2D eigenvalue weighted by Crippen LogP contribution is 2.20. The lowest BCUT2D eigenvalue weighted by Crippen LogP contribution is -2.07. The molecule has 0 aliphatic heterocycles. The van der Waals surface area contributed by atoms with E-state index in [-0.39, 0.29) is 6.73 Å². The van der Waals surface area contributed by atoms with E-state index in [9.17, 15) is 0 Å². The smallest absolute Gasteiger partial charge is 0.137 e. The highest BCUT2D eigenvalue weighted by atomic mass is 16.5. The zero-order chi connectivity index (χ0) is 10.5. The van der Waals surface area contributed by atoms with Crippen molar-refractivity contribution in [3.63, 3.8) is 0 Å². The number of nitrogens with two attached hydrogens (primary N) is 1. The molecule has 2 aromatic rings. The number of benzene rings is 1. The first kappa shape index (κ1) is 9.68. The Morgan fingerprint density at radius 3 is 2.67 bits per heavy atom. The van der Waals surface area contributed by atoms with Gasteiger partial charge >= 0.3 is 0 Å². The van der Waals surface area contributed by atoms with Crippen molar-refractivity contribution in [2.24, 2.45) is 5.73 Å². The molecule has 0 saturated carbocycles. The van der Waals surface area contributed by atoms with E-state index < -0.39 is 0 Å². The summed E-state index contributed by atoms with van der Waals surface area (Å²) in [7, 11) is 0. The molecule has 3 heteroatoms. The minimum Gasteiger partial charge on any atom is -0.478 e. The average molecular weight is 200 g/mol. The Labute approximate surface area is 88.5 Å². The molecule has 0 aliphatic rings. The molecule has 0 atom stereocenters. The van der Waals surface area contributed by atoms with Crippen molar-refractivity contribution < 1.29 is 4.74 Å². The van der Waals surface area contributed by atoms with Gasteiger partial charge in [0.15, 0.2) is 0 Å². The lowest BCUT2D eigenvalue weighted by atomic mass is 10.1. The molecule has 1 aromatic carbocycles. The van der Waals surface area contributed by atoms with E-state index in [0.29, 0.717) is 0 Å². The summed E-state index contributed by atoms with van der Waals surface area (Å²) in [6.45, 7) is 0.179. The first-order valence-electron chi connectivity index (χ1n) is 4.74. The van der Waals surface area contributed by atoms with Gasteiger partial charge in [-0.1, -0.05) is 30.3 Å². The Bertz CT molecular complexity index is 429. The summed E-state index contributed by atoms with van der Waals surface area (Å²) in [5.74, 6) is 0.742. The second-order valence-electron chi connectivity index (χ2n) is 3.05. The molecule has 15 heavy (non-hydrogen) atoms. The van der Waals surface area contributed by atoms with E-state index in [0.717, 1.165) is 17.0 Å². The van der Waals surface area contributed by atoms with E-state index >= 15 is 0 Å². The van der Waals surface area contributed by atoms with E-state index in [1.807, 2.05) is 36.4 Å². The van der Waals surface area contributed by atoms with Gasteiger partial charge in [0.25, 0.3) is 0 Å². The molecule has 0 amide bonds. The van der Waals surface area contributed by atoms with Crippen LogP contribution >= 0.6 is 0 Å². The number of pyridine rings is 1. The maximum Gasteiger partial charge on any atom is 0.137 e. The van der Waals surface area contributed by atoms with Crippen LogP contribution in [0.2, 0.25) is 0 Å². The topological polar surface area (TPSA) is 48.1 Å². The number of rotatable bonds is 3. The van der Waals surface area contributed by atoms with E-state index in [1.165, 1.54) is 0 Å². The maximum atomic E-state index is 5.31. The molecule has 0 aliphatic carbocycles. The summed E-state index contributed by atoms with van der Waals surface area (Å²) in [5, 5.41) is 0. The van der Waals surface area contributed by atoms with Crippen molar-refractivity contribution in [1.82, 2.24) is 4.98 Å². The molecule has 76 valence electrons. The molecule has 2 rings (SSSR count). The second-order valence-corrected chi connectivity index (χ2v) is 3.05. The summed E-state index contributed by atoms with van der Waals surface area (Å²) >= 11 is 0. The number of hydrogen-bond donors (Lipinski definition) is 1. The van der Waals surface area contributed by atoms with Gasteiger partial charge < -0.3 is 4.74 Å². The predicted molar refractivity (Wildman–Crippen MR) is 59.4 cm³/mol. The van der Waals surface area contributed by atoms with Crippen LogP contribution in [-0.4, -0.2) is 11.7 Å². The van der Waals surface area contributed by atoms with Crippen LogP contribution in [-0.2, 0) is 0 Å². The van der Waals surface area contributed by atoms with Gasteiger partial charge in [0.2, 0.25) is 0 Å². The zero-order valence-electron chi connectivity index (χ0n) is 8.26.